The maximum Gasteiger partial charge on any atom is 0.0432 e. The lowest BCUT2D eigenvalue weighted by Gasteiger charge is -2.30. The van der Waals surface area contributed by atoms with Crippen molar-refractivity contribution in [1.82, 2.24) is 5.32 Å². The Balaban J connectivity index is 2.42. The summed E-state index contributed by atoms with van der Waals surface area (Å²) < 4.78 is 0. The van der Waals surface area contributed by atoms with Crippen molar-refractivity contribution in [3.63, 3.8) is 0 Å². The first-order chi connectivity index (χ1) is 7.16. The van der Waals surface area contributed by atoms with Crippen LogP contribution >= 0.6 is 0 Å². The minimum Gasteiger partial charge on any atom is -0.310 e. The van der Waals surface area contributed by atoms with Crippen LogP contribution in [0.2, 0.25) is 0 Å². The van der Waals surface area contributed by atoms with Crippen LogP contribution in [-0.2, 0) is 5.54 Å². The van der Waals surface area contributed by atoms with Gasteiger partial charge in [-0.25, -0.2) is 0 Å². The zero-order chi connectivity index (χ0) is 10.9. The molecule has 0 amide bonds. The molecule has 0 unspecified atom stereocenters. The molecule has 1 heteroatoms. The number of hydrogen-bond acceptors (Lipinski definition) is 1. The zero-order valence-corrected chi connectivity index (χ0v) is 10.1. The average molecular weight is 203 g/mol. The standard InChI is InChI=1S/C14H21N/c1-11-8-12(2)10-13(9-11)14(15-3)6-4-5-7-14/h8-10,15H,4-7H2,1-3H3. The first-order valence-corrected chi connectivity index (χ1v) is 5.94. The Hall–Kier alpha value is -0.820. The summed E-state index contributed by atoms with van der Waals surface area (Å²) in [6.45, 7) is 4.38. The first-order valence-electron chi connectivity index (χ1n) is 5.94. The van der Waals surface area contributed by atoms with E-state index in [1.165, 1.54) is 42.4 Å². The van der Waals surface area contributed by atoms with E-state index in [4.69, 9.17) is 0 Å². The van der Waals surface area contributed by atoms with Crippen LogP contribution in [0.25, 0.3) is 0 Å². The minimum absolute atomic E-state index is 0.261. The van der Waals surface area contributed by atoms with Crippen molar-refractivity contribution in [1.29, 1.82) is 0 Å². The van der Waals surface area contributed by atoms with Crippen molar-refractivity contribution >= 4 is 0 Å². The Morgan fingerprint density at radius 1 is 1.00 bits per heavy atom. The van der Waals surface area contributed by atoms with Gasteiger partial charge in [0.25, 0.3) is 0 Å². The Kier molecular flexibility index (Phi) is 2.83. The van der Waals surface area contributed by atoms with E-state index in [2.05, 4.69) is 44.4 Å². The molecule has 15 heavy (non-hydrogen) atoms. The van der Waals surface area contributed by atoms with Crippen LogP contribution in [0.5, 0.6) is 0 Å². The molecule has 1 aliphatic carbocycles. The van der Waals surface area contributed by atoms with Crippen molar-refractivity contribution in [2.45, 2.75) is 45.1 Å². The predicted molar refractivity (Wildman–Crippen MR) is 65.1 cm³/mol. The minimum atomic E-state index is 0.261. The molecule has 0 aromatic heterocycles. The number of rotatable bonds is 2. The number of aryl methyl sites for hydroxylation is 2. The third-order valence-corrected chi connectivity index (χ3v) is 3.71. The highest BCUT2D eigenvalue weighted by molar-refractivity contribution is 5.34. The van der Waals surface area contributed by atoms with Crippen molar-refractivity contribution in [2.75, 3.05) is 7.05 Å². The molecule has 1 N–H and O–H groups in total. The van der Waals surface area contributed by atoms with E-state index in [1.54, 1.807) is 0 Å². The molecule has 1 fully saturated rings. The van der Waals surface area contributed by atoms with Crippen LogP contribution in [0.15, 0.2) is 18.2 Å². The van der Waals surface area contributed by atoms with Gasteiger partial charge in [0.05, 0.1) is 0 Å². The molecule has 0 aliphatic heterocycles. The summed E-state index contributed by atoms with van der Waals surface area (Å²) in [5.74, 6) is 0. The first kappa shape index (κ1) is 10.7. The van der Waals surface area contributed by atoms with Gasteiger partial charge in [-0.15, -0.1) is 0 Å². The largest absolute Gasteiger partial charge is 0.310 e. The third-order valence-electron chi connectivity index (χ3n) is 3.71. The molecule has 0 radical (unpaired) electrons. The normalized spacial score (nSPS) is 19.4. The summed E-state index contributed by atoms with van der Waals surface area (Å²) in [5.41, 5.74) is 4.51. The van der Waals surface area contributed by atoms with Crippen molar-refractivity contribution in [3.8, 4) is 0 Å². The van der Waals surface area contributed by atoms with Gasteiger partial charge in [0.15, 0.2) is 0 Å². The van der Waals surface area contributed by atoms with Gasteiger partial charge >= 0.3 is 0 Å². The third kappa shape index (κ3) is 1.93. The van der Waals surface area contributed by atoms with Crippen molar-refractivity contribution in [3.05, 3.63) is 34.9 Å². The number of benzene rings is 1. The molecular formula is C14H21N. The molecular weight excluding hydrogens is 182 g/mol. The van der Waals surface area contributed by atoms with Crippen LogP contribution in [0.1, 0.15) is 42.4 Å². The van der Waals surface area contributed by atoms with Crippen LogP contribution in [0, 0.1) is 13.8 Å². The smallest absolute Gasteiger partial charge is 0.0432 e. The summed E-state index contributed by atoms with van der Waals surface area (Å²) in [4.78, 5) is 0. The van der Waals surface area contributed by atoms with E-state index in [0.717, 1.165) is 0 Å². The molecule has 0 atom stereocenters. The van der Waals surface area contributed by atoms with Gasteiger partial charge in [0.1, 0.15) is 0 Å². The van der Waals surface area contributed by atoms with Gasteiger partial charge in [-0.05, 0) is 39.3 Å². The summed E-state index contributed by atoms with van der Waals surface area (Å²) in [7, 11) is 2.10. The van der Waals surface area contributed by atoms with Crippen molar-refractivity contribution in [2.24, 2.45) is 0 Å². The summed E-state index contributed by atoms with van der Waals surface area (Å²) >= 11 is 0. The lowest BCUT2D eigenvalue weighted by molar-refractivity contribution is 0.372. The van der Waals surface area contributed by atoms with E-state index in [1.807, 2.05) is 0 Å². The van der Waals surface area contributed by atoms with E-state index < -0.39 is 0 Å². The summed E-state index contributed by atoms with van der Waals surface area (Å²) in [6.07, 6.45) is 5.28. The highest BCUT2D eigenvalue weighted by Gasteiger charge is 2.33. The molecule has 1 aromatic rings. The Bertz CT molecular complexity index is 328. The Morgan fingerprint density at radius 2 is 1.53 bits per heavy atom. The lowest BCUT2D eigenvalue weighted by atomic mass is 9.86. The molecule has 0 saturated heterocycles. The van der Waals surface area contributed by atoms with Crippen LogP contribution in [-0.4, -0.2) is 7.05 Å². The second-order valence-corrected chi connectivity index (χ2v) is 4.92. The average Bonchev–Trinajstić information content (AvgIpc) is 2.65. The Labute approximate surface area is 92.9 Å². The Morgan fingerprint density at radius 3 is 2.00 bits per heavy atom. The fraction of sp³-hybridized carbons (Fsp3) is 0.571. The van der Waals surface area contributed by atoms with E-state index >= 15 is 0 Å². The van der Waals surface area contributed by atoms with E-state index in [0.29, 0.717) is 0 Å². The highest BCUT2D eigenvalue weighted by Crippen LogP contribution is 2.38. The SMILES string of the molecule is CNC1(c2cc(C)cc(C)c2)CCCC1. The predicted octanol–water partition coefficient (Wildman–Crippen LogP) is 3.29. The van der Waals surface area contributed by atoms with Gasteiger partial charge in [0, 0.05) is 5.54 Å². The molecule has 2 rings (SSSR count). The van der Waals surface area contributed by atoms with E-state index in [-0.39, 0.29) is 5.54 Å². The maximum absolute atomic E-state index is 3.55. The molecule has 1 saturated carbocycles. The van der Waals surface area contributed by atoms with Crippen LogP contribution in [0.3, 0.4) is 0 Å². The monoisotopic (exact) mass is 203 g/mol. The van der Waals surface area contributed by atoms with Gasteiger partial charge in [-0.1, -0.05) is 42.2 Å². The van der Waals surface area contributed by atoms with Crippen molar-refractivity contribution < 1.29 is 0 Å². The number of hydrogen-bond donors (Lipinski definition) is 1. The van der Waals surface area contributed by atoms with Gasteiger partial charge < -0.3 is 5.32 Å². The summed E-state index contributed by atoms with van der Waals surface area (Å²) in [5, 5.41) is 3.55. The lowest BCUT2D eigenvalue weighted by Crippen LogP contribution is -2.37. The molecule has 0 heterocycles. The van der Waals surface area contributed by atoms with Crippen LogP contribution < -0.4 is 5.32 Å². The van der Waals surface area contributed by atoms with E-state index in [9.17, 15) is 0 Å². The zero-order valence-electron chi connectivity index (χ0n) is 10.1. The quantitative estimate of drug-likeness (QED) is 0.777. The fourth-order valence-electron chi connectivity index (χ4n) is 2.91. The molecule has 82 valence electrons. The number of nitrogens with one attached hydrogen (secondary N) is 1. The molecule has 0 bridgehead atoms. The maximum atomic E-state index is 3.55. The summed E-state index contributed by atoms with van der Waals surface area (Å²) in [6, 6.07) is 6.94. The molecule has 1 aromatic carbocycles. The fourth-order valence-corrected chi connectivity index (χ4v) is 2.91. The second kappa shape index (κ2) is 3.97. The molecule has 1 aliphatic rings. The topological polar surface area (TPSA) is 12.0 Å². The molecule has 0 spiro atoms. The molecule has 1 nitrogen and oxygen atoms in total. The van der Waals surface area contributed by atoms with Gasteiger partial charge in [0.2, 0.25) is 0 Å². The van der Waals surface area contributed by atoms with Gasteiger partial charge in [-0.2, -0.15) is 0 Å². The second-order valence-electron chi connectivity index (χ2n) is 4.92. The highest BCUT2D eigenvalue weighted by atomic mass is 14.9. The van der Waals surface area contributed by atoms with Crippen LogP contribution in [0.4, 0.5) is 0 Å². The van der Waals surface area contributed by atoms with Gasteiger partial charge in [-0.3, -0.25) is 0 Å².